The van der Waals surface area contributed by atoms with Crippen LogP contribution < -0.4 is 14.2 Å². The first-order valence-electron chi connectivity index (χ1n) is 10.5. The third kappa shape index (κ3) is 4.16. The standard InChI is InChI=1S/C23H24O12/c1-30-12-5-4-9(6-13(12)31-2)22(28)33-8-14-16(25)18(27)21-20(34-14)15-10(23(29)35-21)7-11(24)19(32-3)17(15)26/h4-7,14,16,18,20-21,24-27H,8H2,1-3H3/t14-,16-,18+,20+,21-/m1/s1. The molecule has 12 heteroatoms. The highest BCUT2D eigenvalue weighted by molar-refractivity contribution is 5.95. The van der Waals surface area contributed by atoms with Crippen LogP contribution in [0.25, 0.3) is 0 Å². The minimum absolute atomic E-state index is 0.0944. The van der Waals surface area contributed by atoms with E-state index in [1.807, 2.05) is 0 Å². The summed E-state index contributed by atoms with van der Waals surface area (Å²) in [6, 6.07) is 5.44. The lowest BCUT2D eigenvalue weighted by Crippen LogP contribution is -2.58. The summed E-state index contributed by atoms with van der Waals surface area (Å²) >= 11 is 0. The molecule has 0 amide bonds. The van der Waals surface area contributed by atoms with Gasteiger partial charge in [0.1, 0.15) is 31.0 Å². The molecule has 12 nitrogen and oxygen atoms in total. The van der Waals surface area contributed by atoms with Crippen molar-refractivity contribution in [3.63, 3.8) is 0 Å². The summed E-state index contributed by atoms with van der Waals surface area (Å²) in [6.45, 7) is -0.478. The van der Waals surface area contributed by atoms with Crippen LogP contribution in [-0.2, 0) is 14.2 Å². The Morgan fingerprint density at radius 2 is 1.71 bits per heavy atom. The number of fused-ring (bicyclic) bond motifs is 3. The van der Waals surface area contributed by atoms with E-state index in [0.717, 1.165) is 6.07 Å². The lowest BCUT2D eigenvalue weighted by Gasteiger charge is -2.44. The molecule has 2 aromatic rings. The summed E-state index contributed by atoms with van der Waals surface area (Å²) in [6.07, 6.45) is -7.10. The van der Waals surface area contributed by atoms with Gasteiger partial charge in [0.25, 0.3) is 0 Å². The molecule has 1 saturated heterocycles. The van der Waals surface area contributed by atoms with Gasteiger partial charge < -0.3 is 48.8 Å². The molecule has 0 saturated carbocycles. The Labute approximate surface area is 199 Å². The maximum Gasteiger partial charge on any atom is 0.339 e. The number of phenolic OH excluding ortho intramolecular Hbond substituents is 2. The number of ether oxygens (including phenoxy) is 6. The van der Waals surface area contributed by atoms with E-state index in [1.54, 1.807) is 0 Å². The Morgan fingerprint density at radius 3 is 2.37 bits per heavy atom. The van der Waals surface area contributed by atoms with Gasteiger partial charge in [0.15, 0.2) is 29.1 Å². The number of methoxy groups -OCH3 is 3. The van der Waals surface area contributed by atoms with E-state index < -0.39 is 60.6 Å². The molecule has 4 N–H and O–H groups in total. The van der Waals surface area contributed by atoms with Crippen LogP contribution in [0.1, 0.15) is 32.4 Å². The van der Waals surface area contributed by atoms with Crippen molar-refractivity contribution in [3.8, 4) is 28.7 Å². The van der Waals surface area contributed by atoms with Crippen LogP contribution in [0.15, 0.2) is 24.3 Å². The molecule has 0 spiro atoms. The molecule has 2 aliphatic rings. The summed E-state index contributed by atoms with van der Waals surface area (Å²) in [7, 11) is 4.07. The third-order valence-electron chi connectivity index (χ3n) is 5.91. The smallest absolute Gasteiger partial charge is 0.339 e. The Bertz CT molecular complexity index is 1150. The molecule has 0 aliphatic carbocycles. The van der Waals surface area contributed by atoms with E-state index in [1.165, 1.54) is 39.5 Å². The highest BCUT2D eigenvalue weighted by Crippen LogP contribution is 2.49. The van der Waals surface area contributed by atoms with Crippen molar-refractivity contribution < 1.29 is 58.4 Å². The number of phenols is 2. The van der Waals surface area contributed by atoms with Gasteiger partial charge in [-0.15, -0.1) is 0 Å². The molecule has 0 radical (unpaired) electrons. The zero-order chi connectivity index (χ0) is 25.4. The minimum Gasteiger partial charge on any atom is -0.504 e. The molecule has 5 atom stereocenters. The first-order chi connectivity index (χ1) is 16.7. The average Bonchev–Trinajstić information content (AvgIpc) is 2.85. The first-order valence-corrected chi connectivity index (χ1v) is 10.5. The molecule has 35 heavy (non-hydrogen) atoms. The number of aliphatic hydroxyl groups excluding tert-OH is 2. The maximum absolute atomic E-state index is 12.6. The largest absolute Gasteiger partial charge is 0.504 e. The van der Waals surface area contributed by atoms with Crippen LogP contribution in [0, 0.1) is 0 Å². The van der Waals surface area contributed by atoms with Gasteiger partial charge in [0.2, 0.25) is 5.75 Å². The number of aromatic hydroxyl groups is 2. The van der Waals surface area contributed by atoms with E-state index in [0.29, 0.717) is 11.5 Å². The van der Waals surface area contributed by atoms with Gasteiger partial charge in [-0.05, 0) is 24.3 Å². The highest BCUT2D eigenvalue weighted by Gasteiger charge is 2.52. The van der Waals surface area contributed by atoms with Gasteiger partial charge in [-0.3, -0.25) is 0 Å². The Kier molecular flexibility index (Phi) is 6.61. The van der Waals surface area contributed by atoms with Gasteiger partial charge >= 0.3 is 11.9 Å². The number of rotatable bonds is 6. The molecule has 1 fully saturated rings. The summed E-state index contributed by atoms with van der Waals surface area (Å²) < 4.78 is 31.6. The SMILES string of the molecule is COc1ccc(C(=O)OC[C@H]2O[C@H]3c4c(cc(O)c(OC)c4O)C(=O)O[C@@H]3[C@@H](O)[C@@H]2O)cc1OC. The molecule has 4 rings (SSSR count). The molecule has 188 valence electrons. The van der Waals surface area contributed by atoms with Crippen molar-refractivity contribution >= 4 is 11.9 Å². The molecule has 0 bridgehead atoms. The molecular weight excluding hydrogens is 468 g/mol. The predicted molar refractivity (Wildman–Crippen MR) is 115 cm³/mol. The molecule has 0 unspecified atom stereocenters. The van der Waals surface area contributed by atoms with Gasteiger partial charge in [-0.1, -0.05) is 0 Å². The molecular formula is C23H24O12. The Morgan fingerprint density at radius 1 is 1.00 bits per heavy atom. The summed E-state index contributed by atoms with van der Waals surface area (Å²) in [5, 5.41) is 41.8. The van der Waals surface area contributed by atoms with Gasteiger partial charge in [0.05, 0.1) is 32.5 Å². The second kappa shape index (κ2) is 9.49. The summed E-state index contributed by atoms with van der Waals surface area (Å²) in [5.41, 5.74) is -0.157. The van der Waals surface area contributed by atoms with Crippen LogP contribution in [0.5, 0.6) is 28.7 Å². The van der Waals surface area contributed by atoms with E-state index in [2.05, 4.69) is 0 Å². The van der Waals surface area contributed by atoms with Gasteiger partial charge in [0, 0.05) is 5.56 Å². The van der Waals surface area contributed by atoms with Gasteiger partial charge in [-0.25, -0.2) is 9.59 Å². The summed E-state index contributed by atoms with van der Waals surface area (Å²) in [5.74, 6) is -2.38. The summed E-state index contributed by atoms with van der Waals surface area (Å²) in [4.78, 5) is 25.0. The number of benzene rings is 2. The van der Waals surface area contributed by atoms with E-state index in [-0.39, 0.29) is 22.4 Å². The number of hydrogen-bond donors (Lipinski definition) is 4. The van der Waals surface area contributed by atoms with Crippen LogP contribution in [-0.4, -0.2) is 84.7 Å². The first kappa shape index (κ1) is 24.4. The Hall–Kier alpha value is -3.74. The van der Waals surface area contributed by atoms with Crippen molar-refractivity contribution in [1.82, 2.24) is 0 Å². The zero-order valence-electron chi connectivity index (χ0n) is 19.0. The fourth-order valence-electron chi connectivity index (χ4n) is 4.14. The monoisotopic (exact) mass is 492 g/mol. The van der Waals surface area contributed by atoms with Crippen molar-refractivity contribution in [2.45, 2.75) is 30.5 Å². The third-order valence-corrected chi connectivity index (χ3v) is 5.91. The van der Waals surface area contributed by atoms with Crippen molar-refractivity contribution in [3.05, 3.63) is 41.0 Å². The highest BCUT2D eigenvalue weighted by atomic mass is 16.6. The quantitative estimate of drug-likeness (QED) is 0.417. The molecule has 2 heterocycles. The van der Waals surface area contributed by atoms with Gasteiger partial charge in [-0.2, -0.15) is 0 Å². The van der Waals surface area contributed by atoms with E-state index >= 15 is 0 Å². The second-order valence-corrected chi connectivity index (χ2v) is 7.85. The van der Waals surface area contributed by atoms with Crippen molar-refractivity contribution in [2.24, 2.45) is 0 Å². The number of hydrogen-bond acceptors (Lipinski definition) is 12. The molecule has 2 aliphatic heterocycles. The number of aliphatic hydroxyl groups is 2. The number of carbonyl (C=O) groups is 2. The predicted octanol–water partition coefficient (Wildman–Crippen LogP) is 0.681. The number of esters is 2. The molecule has 0 aromatic heterocycles. The van der Waals surface area contributed by atoms with Crippen LogP contribution >= 0.6 is 0 Å². The van der Waals surface area contributed by atoms with Crippen LogP contribution in [0.2, 0.25) is 0 Å². The second-order valence-electron chi connectivity index (χ2n) is 7.85. The normalized spacial score (nSPS) is 25.1. The van der Waals surface area contributed by atoms with Crippen LogP contribution in [0.3, 0.4) is 0 Å². The Balaban J connectivity index is 1.58. The zero-order valence-corrected chi connectivity index (χ0v) is 19.0. The maximum atomic E-state index is 12.6. The molecule has 2 aromatic carbocycles. The average molecular weight is 492 g/mol. The van der Waals surface area contributed by atoms with Crippen molar-refractivity contribution in [2.75, 3.05) is 27.9 Å². The fraction of sp³-hybridized carbons (Fsp3) is 0.391. The lowest BCUT2D eigenvalue weighted by atomic mass is 9.86. The van der Waals surface area contributed by atoms with Crippen LogP contribution in [0.4, 0.5) is 0 Å². The van der Waals surface area contributed by atoms with E-state index in [9.17, 15) is 30.0 Å². The van der Waals surface area contributed by atoms with Crippen molar-refractivity contribution in [1.29, 1.82) is 0 Å². The fourth-order valence-corrected chi connectivity index (χ4v) is 4.14. The van der Waals surface area contributed by atoms with E-state index in [4.69, 9.17) is 28.4 Å². The number of carbonyl (C=O) groups excluding carboxylic acids is 2. The lowest BCUT2D eigenvalue weighted by molar-refractivity contribution is -0.235. The minimum atomic E-state index is -1.63. The topological polar surface area (TPSA) is 170 Å².